The highest BCUT2D eigenvalue weighted by molar-refractivity contribution is 7.13. The summed E-state index contributed by atoms with van der Waals surface area (Å²) in [4.78, 5) is 14.6. The van der Waals surface area contributed by atoms with Crippen molar-refractivity contribution in [2.75, 3.05) is 6.61 Å². The quantitative estimate of drug-likeness (QED) is 0.291. The van der Waals surface area contributed by atoms with E-state index in [0.717, 1.165) is 40.4 Å². The topological polar surface area (TPSA) is 70.1 Å². The van der Waals surface area contributed by atoms with Crippen LogP contribution in [-0.4, -0.2) is 43.8 Å². The lowest BCUT2D eigenvalue weighted by atomic mass is 10.4. The first-order valence-corrected chi connectivity index (χ1v) is 14.5. The Hall–Kier alpha value is -2.62. The van der Waals surface area contributed by atoms with Gasteiger partial charge < -0.3 is 9.30 Å². The minimum atomic E-state index is -1.12. The predicted octanol–water partition coefficient (Wildman–Crippen LogP) is 4.84. The second-order valence-corrected chi connectivity index (χ2v) is 14.9. The Morgan fingerprint density at radius 2 is 2.03 bits per heavy atom. The molecule has 0 N–H and O–H groups in total. The van der Waals surface area contributed by atoms with Crippen LogP contribution in [0, 0.1) is 6.92 Å². The van der Waals surface area contributed by atoms with E-state index in [9.17, 15) is 0 Å². The van der Waals surface area contributed by atoms with Crippen LogP contribution in [0.25, 0.3) is 28.4 Å². The van der Waals surface area contributed by atoms with Gasteiger partial charge in [0.15, 0.2) is 11.5 Å². The molecule has 0 aliphatic rings. The third-order valence-electron chi connectivity index (χ3n) is 4.67. The van der Waals surface area contributed by atoms with E-state index in [2.05, 4.69) is 34.7 Å². The van der Waals surface area contributed by atoms with Crippen LogP contribution in [0.3, 0.4) is 0 Å². The Kier molecular flexibility index (Phi) is 5.93. The maximum atomic E-state index is 5.96. The minimum Gasteiger partial charge on any atom is -0.361 e. The Bertz CT molecular complexity index is 1160. The van der Waals surface area contributed by atoms with Crippen LogP contribution in [-0.2, 0) is 11.5 Å². The summed E-state index contributed by atoms with van der Waals surface area (Å²) in [5, 5.41) is 4.56. The number of ether oxygens (including phenoxy) is 1. The molecule has 30 heavy (non-hydrogen) atoms. The van der Waals surface area contributed by atoms with Crippen LogP contribution in [0.4, 0.5) is 0 Å². The van der Waals surface area contributed by atoms with Gasteiger partial charge in [-0.2, -0.15) is 0 Å². The average molecular weight is 439 g/mol. The van der Waals surface area contributed by atoms with E-state index in [4.69, 9.17) is 9.72 Å². The van der Waals surface area contributed by atoms with Crippen molar-refractivity contribution >= 4 is 37.2 Å². The Morgan fingerprint density at radius 1 is 1.17 bits per heavy atom. The summed E-state index contributed by atoms with van der Waals surface area (Å²) in [5.74, 6) is 1.46. The molecule has 0 aromatic carbocycles. The number of aromatic nitrogens is 6. The van der Waals surface area contributed by atoms with E-state index >= 15 is 0 Å². The van der Waals surface area contributed by atoms with Crippen LogP contribution in [0.15, 0.2) is 36.1 Å². The molecule has 0 radical (unpaired) electrons. The van der Waals surface area contributed by atoms with E-state index in [-0.39, 0.29) is 0 Å². The lowest BCUT2D eigenvalue weighted by Crippen LogP contribution is -2.22. The summed E-state index contributed by atoms with van der Waals surface area (Å²) in [7, 11) is -1.12. The van der Waals surface area contributed by atoms with Gasteiger partial charge in [0.05, 0.1) is 10.4 Å². The van der Waals surface area contributed by atoms with Crippen LogP contribution >= 0.6 is 11.3 Å². The first-order valence-electron chi connectivity index (χ1n) is 9.93. The normalized spacial score (nSPS) is 12.4. The molecule has 4 rings (SSSR count). The monoisotopic (exact) mass is 438 g/mol. The molecule has 4 aromatic rings. The fourth-order valence-electron chi connectivity index (χ4n) is 2.94. The predicted molar refractivity (Wildman–Crippen MR) is 124 cm³/mol. The van der Waals surface area contributed by atoms with Crippen LogP contribution < -0.4 is 0 Å². The summed E-state index contributed by atoms with van der Waals surface area (Å²) in [5.41, 5.74) is 4.59. The maximum Gasteiger partial charge on any atom is 0.175 e. The maximum absolute atomic E-state index is 5.96. The van der Waals surface area contributed by atoms with Crippen LogP contribution in [0.5, 0.6) is 0 Å². The molecule has 7 nitrogen and oxygen atoms in total. The lowest BCUT2D eigenvalue weighted by Gasteiger charge is -2.15. The highest BCUT2D eigenvalue weighted by Crippen LogP contribution is 2.23. The number of nitrogens with zero attached hydrogens (tertiary/aromatic N) is 6. The number of fused-ring (bicyclic) bond motifs is 1. The summed E-state index contributed by atoms with van der Waals surface area (Å²) in [6.07, 6.45) is 7.69. The van der Waals surface area contributed by atoms with Crippen LogP contribution in [0.2, 0.25) is 25.7 Å². The SMILES string of the molecule is Cc1cccc2nc(/C=C/c3nc(-c4cncs4)cn3COCC[Si](C)(C)C)nn12. The first kappa shape index (κ1) is 20.6. The van der Waals surface area contributed by atoms with E-state index in [1.165, 1.54) is 0 Å². The Labute approximate surface area is 181 Å². The van der Waals surface area contributed by atoms with E-state index < -0.39 is 8.07 Å². The number of aryl methyl sites for hydroxylation is 1. The smallest absolute Gasteiger partial charge is 0.175 e. The van der Waals surface area contributed by atoms with Gasteiger partial charge in [-0.15, -0.1) is 16.4 Å². The van der Waals surface area contributed by atoms with Crippen molar-refractivity contribution in [3.05, 3.63) is 53.4 Å². The third kappa shape index (κ3) is 4.92. The molecule has 0 fully saturated rings. The molecule has 0 unspecified atom stereocenters. The van der Waals surface area contributed by atoms with E-state index in [1.807, 2.05) is 64.3 Å². The zero-order valence-electron chi connectivity index (χ0n) is 17.7. The summed E-state index contributed by atoms with van der Waals surface area (Å²) in [6.45, 7) is 10.3. The molecular weight excluding hydrogens is 412 g/mol. The highest BCUT2D eigenvalue weighted by Gasteiger charge is 2.13. The molecular formula is C21H26N6OSSi. The zero-order valence-corrected chi connectivity index (χ0v) is 19.6. The van der Waals surface area contributed by atoms with Gasteiger partial charge in [0.25, 0.3) is 0 Å². The van der Waals surface area contributed by atoms with Gasteiger partial charge in [-0.25, -0.2) is 14.5 Å². The van der Waals surface area contributed by atoms with Crippen molar-refractivity contribution in [2.24, 2.45) is 0 Å². The molecule has 4 aromatic heterocycles. The standard InChI is InChI=1S/C21H26N6OSSi/c1-16-6-5-7-21-24-19(25-27(16)21)8-9-20-23-17(18-12-22-14-29-18)13-26(20)15-28-10-11-30(2,3)4/h5-9,12-14H,10-11,15H2,1-4H3/b9-8+. The number of thiazole rings is 1. The molecule has 156 valence electrons. The van der Waals surface area contributed by atoms with Crippen molar-refractivity contribution in [3.63, 3.8) is 0 Å². The molecule has 0 saturated carbocycles. The van der Waals surface area contributed by atoms with Crippen molar-refractivity contribution in [2.45, 2.75) is 39.3 Å². The summed E-state index contributed by atoms with van der Waals surface area (Å²) >= 11 is 1.57. The fourth-order valence-corrected chi connectivity index (χ4v) is 4.27. The summed E-state index contributed by atoms with van der Waals surface area (Å²) in [6, 6.07) is 7.09. The number of imidazole rings is 1. The molecule has 0 atom stereocenters. The largest absolute Gasteiger partial charge is 0.361 e. The van der Waals surface area contributed by atoms with Crippen molar-refractivity contribution < 1.29 is 4.74 Å². The average Bonchev–Trinajstić information content (AvgIpc) is 3.42. The van der Waals surface area contributed by atoms with Gasteiger partial charge in [0.1, 0.15) is 18.2 Å². The first-order chi connectivity index (χ1) is 14.4. The van der Waals surface area contributed by atoms with Crippen molar-refractivity contribution in [1.29, 1.82) is 0 Å². The third-order valence-corrected chi connectivity index (χ3v) is 7.17. The Balaban J connectivity index is 1.56. The molecule has 0 spiro atoms. The minimum absolute atomic E-state index is 0.466. The van der Waals surface area contributed by atoms with Gasteiger partial charge >= 0.3 is 0 Å². The van der Waals surface area contributed by atoms with Gasteiger partial charge in [-0.1, -0.05) is 25.7 Å². The van der Waals surface area contributed by atoms with Crippen molar-refractivity contribution in [1.82, 2.24) is 29.1 Å². The van der Waals surface area contributed by atoms with Crippen LogP contribution in [0.1, 0.15) is 17.3 Å². The number of hydrogen-bond acceptors (Lipinski definition) is 6. The molecule has 0 aliphatic heterocycles. The van der Waals surface area contributed by atoms with Gasteiger partial charge in [0.2, 0.25) is 0 Å². The van der Waals surface area contributed by atoms with E-state index in [0.29, 0.717) is 12.6 Å². The molecule has 0 bridgehead atoms. The Morgan fingerprint density at radius 3 is 2.77 bits per heavy atom. The fraction of sp³-hybridized carbons (Fsp3) is 0.333. The number of hydrogen-bond donors (Lipinski definition) is 0. The number of rotatable bonds is 8. The van der Waals surface area contributed by atoms with Gasteiger partial charge in [-0.05, 0) is 37.3 Å². The molecule has 0 saturated heterocycles. The second-order valence-electron chi connectivity index (χ2n) is 8.41. The molecule has 4 heterocycles. The zero-order chi connectivity index (χ0) is 21.1. The summed E-state index contributed by atoms with van der Waals surface area (Å²) < 4.78 is 9.83. The van der Waals surface area contributed by atoms with E-state index in [1.54, 1.807) is 11.3 Å². The molecule has 0 aliphatic carbocycles. The van der Waals surface area contributed by atoms with Gasteiger partial charge in [0, 0.05) is 32.8 Å². The molecule has 9 heteroatoms. The lowest BCUT2D eigenvalue weighted by molar-refractivity contribution is 0.0867. The molecule has 0 amide bonds. The van der Waals surface area contributed by atoms with Gasteiger partial charge in [-0.3, -0.25) is 4.98 Å². The highest BCUT2D eigenvalue weighted by atomic mass is 32.1. The number of pyridine rings is 1. The van der Waals surface area contributed by atoms with Crippen molar-refractivity contribution in [3.8, 4) is 10.6 Å². The second kappa shape index (κ2) is 8.63.